The van der Waals surface area contributed by atoms with E-state index in [0.29, 0.717) is 23.5 Å². The molecule has 0 aliphatic carbocycles. The number of hydrogen-bond donors (Lipinski definition) is 0. The van der Waals surface area contributed by atoms with E-state index in [9.17, 15) is 4.79 Å². The zero-order chi connectivity index (χ0) is 15.3. The fraction of sp³-hybridized carbons (Fsp3) is 0.188. The molecule has 1 aromatic carbocycles. The third kappa shape index (κ3) is 1.77. The Bertz CT molecular complexity index is 1040. The lowest BCUT2D eigenvalue weighted by molar-refractivity contribution is 0.815. The molecule has 6 heteroatoms. The number of nitrogens with zero attached hydrogens (tertiary/aromatic N) is 5. The van der Waals surface area contributed by atoms with Crippen LogP contribution in [0.3, 0.4) is 0 Å². The molecule has 0 atom stereocenters. The van der Waals surface area contributed by atoms with Crippen LogP contribution in [-0.4, -0.2) is 23.5 Å². The maximum absolute atomic E-state index is 12.8. The van der Waals surface area contributed by atoms with Crippen LogP contribution in [0.2, 0.25) is 0 Å². The smallest absolute Gasteiger partial charge is 0.285 e. The second-order valence-corrected chi connectivity index (χ2v) is 5.45. The SMILES string of the molecule is Cc1cn2c(=O)c3c(ncn3Cc3ccccc3)n(C)c2n1. The highest BCUT2D eigenvalue weighted by Gasteiger charge is 2.15. The van der Waals surface area contributed by atoms with Gasteiger partial charge in [-0.2, -0.15) is 0 Å². The molecule has 3 aromatic heterocycles. The van der Waals surface area contributed by atoms with E-state index >= 15 is 0 Å². The topological polar surface area (TPSA) is 57.1 Å². The fourth-order valence-electron chi connectivity index (χ4n) is 2.82. The third-order valence-corrected chi connectivity index (χ3v) is 3.86. The Hall–Kier alpha value is -2.89. The number of fused-ring (bicyclic) bond motifs is 2. The molecule has 0 saturated heterocycles. The van der Waals surface area contributed by atoms with Gasteiger partial charge in [0.15, 0.2) is 11.2 Å². The number of imidazole rings is 2. The minimum absolute atomic E-state index is 0.0860. The molecule has 22 heavy (non-hydrogen) atoms. The normalized spacial score (nSPS) is 11.5. The van der Waals surface area contributed by atoms with Gasteiger partial charge in [0, 0.05) is 19.8 Å². The highest BCUT2D eigenvalue weighted by molar-refractivity contribution is 5.73. The first-order valence-electron chi connectivity index (χ1n) is 7.08. The van der Waals surface area contributed by atoms with E-state index in [1.54, 1.807) is 16.9 Å². The fourth-order valence-corrected chi connectivity index (χ4v) is 2.82. The van der Waals surface area contributed by atoms with Crippen LogP contribution in [0.1, 0.15) is 11.3 Å². The van der Waals surface area contributed by atoms with Crippen molar-refractivity contribution in [2.75, 3.05) is 0 Å². The molecule has 0 saturated carbocycles. The molecule has 0 radical (unpaired) electrons. The number of rotatable bonds is 2. The van der Waals surface area contributed by atoms with E-state index in [1.807, 2.05) is 53.4 Å². The molecule has 0 fully saturated rings. The first kappa shape index (κ1) is 12.8. The predicted molar refractivity (Wildman–Crippen MR) is 84.0 cm³/mol. The van der Waals surface area contributed by atoms with Crippen molar-refractivity contribution < 1.29 is 0 Å². The molecule has 0 aliphatic rings. The van der Waals surface area contributed by atoms with E-state index in [2.05, 4.69) is 9.97 Å². The van der Waals surface area contributed by atoms with E-state index in [4.69, 9.17) is 0 Å². The highest BCUT2D eigenvalue weighted by atomic mass is 16.1. The summed E-state index contributed by atoms with van der Waals surface area (Å²) in [5.74, 6) is 0.611. The summed E-state index contributed by atoms with van der Waals surface area (Å²) in [7, 11) is 1.88. The van der Waals surface area contributed by atoms with Crippen molar-refractivity contribution in [2.45, 2.75) is 13.5 Å². The standard InChI is InChI=1S/C16H15N5O/c1-11-8-21-15(22)13-14(19(2)16(21)18-11)17-10-20(13)9-12-6-4-3-5-7-12/h3-8,10H,9H2,1-2H3. The van der Waals surface area contributed by atoms with Gasteiger partial charge in [0.2, 0.25) is 5.78 Å². The van der Waals surface area contributed by atoms with Gasteiger partial charge in [0.25, 0.3) is 5.56 Å². The molecule has 6 nitrogen and oxygen atoms in total. The first-order chi connectivity index (χ1) is 10.6. The monoisotopic (exact) mass is 293 g/mol. The number of benzene rings is 1. The minimum Gasteiger partial charge on any atom is -0.320 e. The molecule has 4 aromatic rings. The molecule has 3 heterocycles. The summed E-state index contributed by atoms with van der Waals surface area (Å²) in [6.45, 7) is 2.49. The Kier molecular flexibility index (Phi) is 2.66. The molecule has 4 rings (SSSR count). The molecule has 0 unspecified atom stereocenters. The molecular weight excluding hydrogens is 278 g/mol. The van der Waals surface area contributed by atoms with Crippen LogP contribution in [0.4, 0.5) is 0 Å². The zero-order valence-corrected chi connectivity index (χ0v) is 12.4. The summed E-state index contributed by atoms with van der Waals surface area (Å²) in [5, 5.41) is 0. The zero-order valence-electron chi connectivity index (χ0n) is 12.4. The van der Waals surface area contributed by atoms with Gasteiger partial charge in [-0.05, 0) is 12.5 Å². The number of hydrogen-bond acceptors (Lipinski definition) is 3. The molecule has 0 amide bonds. The van der Waals surface area contributed by atoms with Gasteiger partial charge in [0.05, 0.1) is 12.0 Å². The van der Waals surface area contributed by atoms with Crippen LogP contribution in [0.15, 0.2) is 47.7 Å². The van der Waals surface area contributed by atoms with Crippen molar-refractivity contribution in [3.05, 3.63) is 64.5 Å². The minimum atomic E-state index is -0.0860. The number of aryl methyl sites for hydroxylation is 2. The lowest BCUT2D eigenvalue weighted by Crippen LogP contribution is -2.19. The molecular formula is C16H15N5O. The number of aromatic nitrogens is 5. The lowest BCUT2D eigenvalue weighted by atomic mass is 10.2. The Morgan fingerprint density at radius 2 is 1.95 bits per heavy atom. The summed E-state index contributed by atoms with van der Waals surface area (Å²) in [4.78, 5) is 21.6. The Balaban J connectivity index is 2.00. The summed E-state index contributed by atoms with van der Waals surface area (Å²) in [6.07, 6.45) is 3.47. The van der Waals surface area contributed by atoms with Gasteiger partial charge in [-0.15, -0.1) is 0 Å². The quantitative estimate of drug-likeness (QED) is 0.565. The van der Waals surface area contributed by atoms with Crippen molar-refractivity contribution >= 4 is 16.9 Å². The largest absolute Gasteiger partial charge is 0.320 e. The van der Waals surface area contributed by atoms with Crippen LogP contribution < -0.4 is 5.56 Å². The highest BCUT2D eigenvalue weighted by Crippen LogP contribution is 2.13. The molecule has 110 valence electrons. The first-order valence-corrected chi connectivity index (χ1v) is 7.08. The van der Waals surface area contributed by atoms with Gasteiger partial charge in [-0.25, -0.2) is 14.4 Å². The van der Waals surface area contributed by atoms with Gasteiger partial charge >= 0.3 is 0 Å². The summed E-state index contributed by atoms with van der Waals surface area (Å²) in [6, 6.07) is 10.0. The average molecular weight is 293 g/mol. The van der Waals surface area contributed by atoms with Crippen LogP contribution in [0.5, 0.6) is 0 Å². The van der Waals surface area contributed by atoms with Crippen molar-refractivity contribution in [1.29, 1.82) is 0 Å². The van der Waals surface area contributed by atoms with Crippen molar-refractivity contribution in [1.82, 2.24) is 23.5 Å². The van der Waals surface area contributed by atoms with Crippen LogP contribution >= 0.6 is 0 Å². The summed E-state index contributed by atoms with van der Waals surface area (Å²) >= 11 is 0. The Morgan fingerprint density at radius 1 is 1.18 bits per heavy atom. The molecule has 0 spiro atoms. The second-order valence-electron chi connectivity index (χ2n) is 5.45. The van der Waals surface area contributed by atoms with E-state index in [-0.39, 0.29) is 5.56 Å². The van der Waals surface area contributed by atoms with E-state index in [1.165, 1.54) is 0 Å². The van der Waals surface area contributed by atoms with Crippen LogP contribution in [0.25, 0.3) is 16.9 Å². The van der Waals surface area contributed by atoms with E-state index < -0.39 is 0 Å². The Labute approximate surface area is 126 Å². The maximum Gasteiger partial charge on any atom is 0.285 e. The molecule has 0 aliphatic heterocycles. The van der Waals surface area contributed by atoms with Gasteiger partial charge in [-0.1, -0.05) is 30.3 Å². The summed E-state index contributed by atoms with van der Waals surface area (Å²) in [5.41, 5.74) is 3.10. The van der Waals surface area contributed by atoms with Gasteiger partial charge in [-0.3, -0.25) is 9.36 Å². The molecule has 0 N–H and O–H groups in total. The van der Waals surface area contributed by atoms with Crippen LogP contribution in [0, 0.1) is 6.92 Å². The Morgan fingerprint density at radius 3 is 2.73 bits per heavy atom. The van der Waals surface area contributed by atoms with Crippen molar-refractivity contribution in [3.8, 4) is 0 Å². The van der Waals surface area contributed by atoms with Gasteiger partial charge < -0.3 is 4.57 Å². The van der Waals surface area contributed by atoms with Crippen LogP contribution in [-0.2, 0) is 13.6 Å². The second kappa shape index (κ2) is 4.56. The summed E-state index contributed by atoms with van der Waals surface area (Å²) < 4.78 is 5.33. The van der Waals surface area contributed by atoms with E-state index in [0.717, 1.165) is 11.3 Å². The maximum atomic E-state index is 12.8. The van der Waals surface area contributed by atoms with Gasteiger partial charge in [0.1, 0.15) is 0 Å². The van der Waals surface area contributed by atoms with Crippen molar-refractivity contribution in [3.63, 3.8) is 0 Å². The predicted octanol–water partition coefficient (Wildman–Crippen LogP) is 1.74. The third-order valence-electron chi connectivity index (χ3n) is 3.86. The van der Waals surface area contributed by atoms with Crippen molar-refractivity contribution in [2.24, 2.45) is 7.05 Å². The average Bonchev–Trinajstić information content (AvgIpc) is 3.10. The molecule has 0 bridgehead atoms. The lowest BCUT2D eigenvalue weighted by Gasteiger charge is -2.06.